The number of halogens is 1. The van der Waals surface area contributed by atoms with E-state index >= 15 is 0 Å². The van der Waals surface area contributed by atoms with Crippen molar-refractivity contribution >= 4 is 34.7 Å². The molecule has 0 radical (unpaired) electrons. The number of aromatic nitrogens is 6. The molecule has 1 aliphatic heterocycles. The summed E-state index contributed by atoms with van der Waals surface area (Å²) in [7, 11) is 0. The monoisotopic (exact) mass is 487 g/mol. The minimum absolute atomic E-state index is 0.257. The molecule has 3 aromatic heterocycles. The maximum absolute atomic E-state index is 14.0. The number of aryl methyl sites for hydroxylation is 1. The zero-order valence-corrected chi connectivity index (χ0v) is 21.4. The largest absolute Gasteiger partial charge is 0.443 e. The van der Waals surface area contributed by atoms with Crippen LogP contribution in [0.4, 0.5) is 26.6 Å². The highest BCUT2D eigenvalue weighted by Gasteiger charge is 2.27. The first-order chi connectivity index (χ1) is 16.3. The first-order valence-corrected chi connectivity index (χ1v) is 11.8. The van der Waals surface area contributed by atoms with Crippen LogP contribution in [-0.4, -0.2) is 60.4 Å². The van der Waals surface area contributed by atoms with E-state index in [1.165, 1.54) is 4.79 Å². The Balaban J connectivity index is 1.71. The van der Waals surface area contributed by atoms with Crippen molar-refractivity contribution < 1.29 is 13.9 Å². The average molecular weight is 488 g/mol. The second kappa shape index (κ2) is 8.97. The minimum Gasteiger partial charge on any atom is -0.443 e. The van der Waals surface area contributed by atoms with E-state index < -0.39 is 17.9 Å². The van der Waals surface area contributed by atoms with E-state index in [1.807, 2.05) is 16.4 Å². The molecule has 0 bridgehead atoms. The van der Waals surface area contributed by atoms with Crippen molar-refractivity contribution in [1.82, 2.24) is 29.4 Å². The van der Waals surface area contributed by atoms with Gasteiger partial charge in [-0.3, -0.25) is 0 Å². The smallest absolute Gasteiger partial charge is 0.428 e. The topological polar surface area (TPSA) is 115 Å². The van der Waals surface area contributed by atoms with Crippen LogP contribution in [0.1, 0.15) is 60.6 Å². The number of fused-ring (bicyclic) bond motifs is 1. The quantitative estimate of drug-likeness (QED) is 0.553. The third-order valence-corrected chi connectivity index (χ3v) is 5.50. The van der Waals surface area contributed by atoms with E-state index in [1.54, 1.807) is 33.3 Å². The number of hydrogen-bond acceptors (Lipinski definition) is 8. The number of amides is 1. The highest BCUT2D eigenvalue weighted by molar-refractivity contribution is 5.87. The minimum atomic E-state index is -0.901. The Bertz CT molecular complexity index is 1220. The molecule has 35 heavy (non-hydrogen) atoms. The molecule has 11 nitrogen and oxygen atoms in total. The van der Waals surface area contributed by atoms with Crippen molar-refractivity contribution in [2.24, 2.45) is 0 Å². The first kappa shape index (κ1) is 24.7. The van der Waals surface area contributed by atoms with Gasteiger partial charge in [0.15, 0.2) is 17.0 Å². The lowest BCUT2D eigenvalue weighted by Crippen LogP contribution is -2.31. The summed E-state index contributed by atoms with van der Waals surface area (Å²) in [5.41, 5.74) is 4.34. The second-order valence-electron chi connectivity index (χ2n) is 10.7. The van der Waals surface area contributed by atoms with Gasteiger partial charge in [-0.05, 0) is 54.4 Å². The maximum Gasteiger partial charge on any atom is 0.428 e. The van der Waals surface area contributed by atoms with Gasteiger partial charge in [-0.15, -0.1) is 0 Å². The molecule has 1 amide bonds. The Morgan fingerprint density at radius 3 is 2.57 bits per heavy atom. The van der Waals surface area contributed by atoms with E-state index in [-0.39, 0.29) is 12.1 Å². The number of ether oxygens (including phenoxy) is 1. The normalized spacial score (nSPS) is 16.7. The van der Waals surface area contributed by atoms with Crippen molar-refractivity contribution in [1.29, 1.82) is 0 Å². The number of anilines is 3. The van der Waals surface area contributed by atoms with E-state index in [0.717, 1.165) is 5.69 Å². The third kappa shape index (κ3) is 5.46. The Labute approximate surface area is 204 Å². The van der Waals surface area contributed by atoms with Crippen molar-refractivity contribution in [3.05, 3.63) is 18.2 Å². The van der Waals surface area contributed by atoms with Crippen molar-refractivity contribution in [3.63, 3.8) is 0 Å². The van der Waals surface area contributed by atoms with Crippen LogP contribution < -0.4 is 15.6 Å². The number of carbonyl (C=O) groups is 1. The molecule has 0 unspecified atom stereocenters. The predicted octanol–water partition coefficient (Wildman–Crippen LogP) is 4.11. The van der Waals surface area contributed by atoms with Crippen LogP contribution in [0.15, 0.2) is 12.5 Å². The van der Waals surface area contributed by atoms with Crippen LogP contribution in [0.25, 0.3) is 11.2 Å². The van der Waals surface area contributed by atoms with E-state index in [9.17, 15) is 9.18 Å². The molecule has 0 saturated carbocycles. The standard InChI is InChI=1S/C23H34FN9O2/c1-8-15-16(12-33(29-15)30-21(34)35-23(5,6)7)26-18-17-19(32(13-25-17)22(2,3)4)28-20(27-18)31-10-9-14(24)11-31/h12-14H,8-11H2,1-7H3,(H,30,34)(H,26,27,28)/t14-/m0/s1. The van der Waals surface area contributed by atoms with Gasteiger partial charge < -0.3 is 19.5 Å². The molecule has 1 atom stereocenters. The van der Waals surface area contributed by atoms with Gasteiger partial charge >= 0.3 is 6.09 Å². The summed E-state index contributed by atoms with van der Waals surface area (Å²) in [6.45, 7) is 14.3. The zero-order chi connectivity index (χ0) is 25.5. The van der Waals surface area contributed by atoms with Gasteiger partial charge in [-0.25, -0.2) is 19.6 Å². The summed E-state index contributed by atoms with van der Waals surface area (Å²) in [5.74, 6) is 0.935. The van der Waals surface area contributed by atoms with Gasteiger partial charge in [0.2, 0.25) is 5.95 Å². The molecular formula is C23H34FN9O2. The fourth-order valence-electron chi connectivity index (χ4n) is 3.86. The van der Waals surface area contributed by atoms with Gasteiger partial charge in [-0.1, -0.05) is 6.92 Å². The SMILES string of the molecule is CCc1nn(NC(=O)OC(C)(C)C)cc1Nc1nc(N2CC[C@H](F)C2)nc2c1ncn2C(C)(C)C. The van der Waals surface area contributed by atoms with Crippen molar-refractivity contribution in [2.75, 3.05) is 28.7 Å². The molecule has 0 spiro atoms. The molecule has 4 heterocycles. The molecule has 2 N–H and O–H groups in total. The van der Waals surface area contributed by atoms with Crippen LogP contribution in [0.5, 0.6) is 0 Å². The van der Waals surface area contributed by atoms with Crippen LogP contribution in [0.3, 0.4) is 0 Å². The van der Waals surface area contributed by atoms with Crippen molar-refractivity contribution in [2.45, 2.75) is 78.6 Å². The number of carbonyl (C=O) groups excluding carboxylic acids is 1. The summed E-state index contributed by atoms with van der Waals surface area (Å²) in [6, 6.07) is 0. The molecule has 1 saturated heterocycles. The van der Waals surface area contributed by atoms with Crippen LogP contribution >= 0.6 is 0 Å². The number of imidazole rings is 1. The summed E-state index contributed by atoms with van der Waals surface area (Å²) in [4.78, 5) is 29.4. The molecular weight excluding hydrogens is 453 g/mol. The molecule has 1 fully saturated rings. The maximum atomic E-state index is 14.0. The highest BCUT2D eigenvalue weighted by atomic mass is 19.1. The lowest BCUT2D eigenvalue weighted by Gasteiger charge is -2.22. The zero-order valence-electron chi connectivity index (χ0n) is 21.4. The lowest BCUT2D eigenvalue weighted by atomic mass is 10.1. The van der Waals surface area contributed by atoms with Gasteiger partial charge in [0.1, 0.15) is 11.8 Å². The number of hydrogen-bond donors (Lipinski definition) is 2. The second-order valence-corrected chi connectivity index (χ2v) is 10.7. The average Bonchev–Trinajstić information content (AvgIpc) is 3.44. The molecule has 12 heteroatoms. The van der Waals surface area contributed by atoms with Gasteiger partial charge in [0.25, 0.3) is 0 Å². The molecule has 0 aliphatic carbocycles. The lowest BCUT2D eigenvalue weighted by molar-refractivity contribution is 0.0609. The van der Waals surface area contributed by atoms with E-state index in [0.29, 0.717) is 48.0 Å². The molecule has 190 valence electrons. The Kier molecular flexibility index (Phi) is 6.32. The number of nitrogens with zero attached hydrogens (tertiary/aromatic N) is 7. The summed E-state index contributed by atoms with van der Waals surface area (Å²) >= 11 is 0. The Morgan fingerprint density at radius 1 is 1.23 bits per heavy atom. The third-order valence-electron chi connectivity index (χ3n) is 5.50. The van der Waals surface area contributed by atoms with Crippen molar-refractivity contribution in [3.8, 4) is 0 Å². The van der Waals surface area contributed by atoms with E-state index in [4.69, 9.17) is 14.7 Å². The van der Waals surface area contributed by atoms with Crippen LogP contribution in [0, 0.1) is 0 Å². The number of alkyl halides is 1. The van der Waals surface area contributed by atoms with Gasteiger partial charge in [-0.2, -0.15) is 19.9 Å². The predicted molar refractivity (Wildman–Crippen MR) is 133 cm³/mol. The highest BCUT2D eigenvalue weighted by Crippen LogP contribution is 2.31. The molecule has 3 aromatic rings. The first-order valence-electron chi connectivity index (χ1n) is 11.8. The summed E-state index contributed by atoms with van der Waals surface area (Å²) in [5, 5.41) is 7.77. The Morgan fingerprint density at radius 2 is 1.97 bits per heavy atom. The molecule has 0 aromatic carbocycles. The van der Waals surface area contributed by atoms with E-state index in [2.05, 4.69) is 41.6 Å². The van der Waals surface area contributed by atoms with Crippen LogP contribution in [0.2, 0.25) is 0 Å². The summed E-state index contributed by atoms with van der Waals surface area (Å²) in [6.07, 6.45) is 2.95. The molecule has 4 rings (SSSR count). The van der Waals surface area contributed by atoms with Gasteiger partial charge in [0.05, 0.1) is 30.5 Å². The fourth-order valence-corrected chi connectivity index (χ4v) is 3.86. The number of rotatable bonds is 5. The summed E-state index contributed by atoms with van der Waals surface area (Å²) < 4.78 is 21.2. The Hall–Kier alpha value is -3.44. The van der Waals surface area contributed by atoms with Gasteiger partial charge in [0, 0.05) is 12.1 Å². The molecule has 1 aliphatic rings. The fraction of sp³-hybridized carbons (Fsp3) is 0.609. The number of nitrogens with one attached hydrogen (secondary N) is 2. The van der Waals surface area contributed by atoms with Crippen LogP contribution in [-0.2, 0) is 16.7 Å².